The second kappa shape index (κ2) is 7.91. The molecule has 2 aromatic rings. The Labute approximate surface area is 152 Å². The van der Waals surface area contributed by atoms with Crippen LogP contribution in [-0.4, -0.2) is 28.7 Å². The summed E-state index contributed by atoms with van der Waals surface area (Å²) in [5, 5.41) is 21.5. The molecule has 0 aliphatic carbocycles. The van der Waals surface area contributed by atoms with Gasteiger partial charge in [-0.05, 0) is 54.7 Å². The summed E-state index contributed by atoms with van der Waals surface area (Å²) in [6.45, 7) is 7.40. The van der Waals surface area contributed by atoms with E-state index in [0.29, 0.717) is 17.0 Å². The number of amides is 1. The third-order valence-corrected chi connectivity index (χ3v) is 3.96. The van der Waals surface area contributed by atoms with Gasteiger partial charge in [-0.15, -0.1) is 0 Å². The average molecular weight is 357 g/mol. The molecule has 0 atom stereocenters. The molecule has 6 heteroatoms. The first-order valence-electron chi connectivity index (χ1n) is 8.29. The Bertz CT molecular complexity index is 842. The van der Waals surface area contributed by atoms with Gasteiger partial charge in [0, 0.05) is 5.69 Å². The van der Waals surface area contributed by atoms with Crippen molar-refractivity contribution < 1.29 is 24.5 Å². The molecule has 2 aromatic carbocycles. The summed E-state index contributed by atoms with van der Waals surface area (Å²) in [6, 6.07) is 8.58. The van der Waals surface area contributed by atoms with Crippen LogP contribution in [0.2, 0.25) is 0 Å². The molecule has 0 unspecified atom stereocenters. The molecule has 0 bridgehead atoms. The van der Waals surface area contributed by atoms with Crippen molar-refractivity contribution >= 4 is 17.6 Å². The van der Waals surface area contributed by atoms with E-state index in [2.05, 4.69) is 5.32 Å². The SMILES string of the molecule is Cc1ccc(C(C)C)c(OCC(=O)Nc2cc(C)c(O)c(C(=O)O)c2)c1. The fourth-order valence-electron chi connectivity index (χ4n) is 2.60. The number of carboxylic acid groups (broad SMARTS) is 1. The maximum Gasteiger partial charge on any atom is 0.339 e. The second-order valence-electron chi connectivity index (χ2n) is 6.53. The van der Waals surface area contributed by atoms with Crippen molar-refractivity contribution in [2.75, 3.05) is 11.9 Å². The van der Waals surface area contributed by atoms with Gasteiger partial charge < -0.3 is 20.3 Å². The van der Waals surface area contributed by atoms with Gasteiger partial charge in [0.15, 0.2) is 6.61 Å². The highest BCUT2D eigenvalue weighted by Crippen LogP contribution is 2.28. The van der Waals surface area contributed by atoms with Crippen LogP contribution in [0.5, 0.6) is 11.5 Å². The Morgan fingerprint density at radius 3 is 2.46 bits per heavy atom. The smallest absolute Gasteiger partial charge is 0.339 e. The van der Waals surface area contributed by atoms with Gasteiger partial charge >= 0.3 is 5.97 Å². The zero-order chi connectivity index (χ0) is 19.4. The molecule has 0 aliphatic heterocycles. The fourth-order valence-corrected chi connectivity index (χ4v) is 2.60. The van der Waals surface area contributed by atoms with Crippen molar-refractivity contribution in [3.63, 3.8) is 0 Å². The van der Waals surface area contributed by atoms with Gasteiger partial charge in [0.2, 0.25) is 0 Å². The van der Waals surface area contributed by atoms with Crippen LogP contribution in [0.25, 0.3) is 0 Å². The Morgan fingerprint density at radius 2 is 1.85 bits per heavy atom. The lowest BCUT2D eigenvalue weighted by atomic mass is 10.0. The summed E-state index contributed by atoms with van der Waals surface area (Å²) in [6.07, 6.45) is 0. The summed E-state index contributed by atoms with van der Waals surface area (Å²) < 4.78 is 5.67. The predicted molar refractivity (Wildman–Crippen MR) is 99.2 cm³/mol. The lowest BCUT2D eigenvalue weighted by Gasteiger charge is -2.15. The van der Waals surface area contributed by atoms with Gasteiger partial charge in [-0.25, -0.2) is 4.79 Å². The number of benzene rings is 2. The number of ether oxygens (including phenoxy) is 1. The highest BCUT2D eigenvalue weighted by Gasteiger charge is 2.15. The van der Waals surface area contributed by atoms with Crippen LogP contribution in [0.4, 0.5) is 5.69 Å². The van der Waals surface area contributed by atoms with Crippen LogP contribution in [0.15, 0.2) is 30.3 Å². The van der Waals surface area contributed by atoms with Gasteiger partial charge in [-0.3, -0.25) is 4.79 Å². The first-order valence-corrected chi connectivity index (χ1v) is 8.29. The van der Waals surface area contributed by atoms with Crippen molar-refractivity contribution in [1.29, 1.82) is 0 Å². The molecule has 6 nitrogen and oxygen atoms in total. The summed E-state index contributed by atoms with van der Waals surface area (Å²) in [4.78, 5) is 23.3. The zero-order valence-corrected chi connectivity index (χ0v) is 15.3. The van der Waals surface area contributed by atoms with E-state index < -0.39 is 11.9 Å². The molecule has 138 valence electrons. The average Bonchev–Trinajstić information content (AvgIpc) is 2.55. The predicted octanol–water partition coefficient (Wildman–Crippen LogP) is 3.85. The number of phenols is 1. The Morgan fingerprint density at radius 1 is 1.15 bits per heavy atom. The highest BCUT2D eigenvalue weighted by atomic mass is 16.5. The van der Waals surface area contributed by atoms with Gasteiger partial charge in [-0.1, -0.05) is 26.0 Å². The molecule has 0 radical (unpaired) electrons. The zero-order valence-electron chi connectivity index (χ0n) is 15.3. The maximum atomic E-state index is 12.2. The molecule has 0 aromatic heterocycles. The van der Waals surface area contributed by atoms with E-state index in [1.165, 1.54) is 12.1 Å². The van der Waals surface area contributed by atoms with Crippen molar-refractivity contribution in [1.82, 2.24) is 0 Å². The molecular formula is C20H23NO5. The Balaban J connectivity index is 2.11. The topological polar surface area (TPSA) is 95.9 Å². The number of aryl methyl sites for hydroxylation is 2. The number of hydrogen-bond donors (Lipinski definition) is 3. The van der Waals surface area contributed by atoms with Crippen LogP contribution in [-0.2, 0) is 4.79 Å². The van der Waals surface area contributed by atoms with E-state index in [1.54, 1.807) is 6.92 Å². The summed E-state index contributed by atoms with van der Waals surface area (Å²) >= 11 is 0. The van der Waals surface area contributed by atoms with Crippen LogP contribution in [0.3, 0.4) is 0 Å². The molecule has 0 fully saturated rings. The van der Waals surface area contributed by atoms with Gasteiger partial charge in [0.25, 0.3) is 5.91 Å². The third kappa shape index (κ3) is 4.53. The van der Waals surface area contributed by atoms with Crippen LogP contribution < -0.4 is 10.1 Å². The summed E-state index contributed by atoms with van der Waals surface area (Å²) in [5.41, 5.74) is 2.44. The normalized spacial score (nSPS) is 10.7. The molecule has 3 N–H and O–H groups in total. The van der Waals surface area contributed by atoms with E-state index >= 15 is 0 Å². The summed E-state index contributed by atoms with van der Waals surface area (Å²) in [5.74, 6) is -1.08. The standard InChI is InChI=1S/C20H23NO5/c1-11(2)15-6-5-12(3)7-17(15)26-10-18(22)21-14-8-13(4)19(23)16(9-14)20(24)25/h5-9,11,23H,10H2,1-4H3,(H,21,22)(H,24,25). The second-order valence-corrected chi connectivity index (χ2v) is 6.53. The van der Waals surface area contributed by atoms with E-state index in [-0.39, 0.29) is 23.8 Å². The number of hydrogen-bond acceptors (Lipinski definition) is 4. The van der Waals surface area contributed by atoms with E-state index in [1.807, 2.05) is 39.0 Å². The van der Waals surface area contributed by atoms with Crippen molar-refractivity contribution in [2.45, 2.75) is 33.6 Å². The van der Waals surface area contributed by atoms with Gasteiger partial charge in [0.1, 0.15) is 17.1 Å². The maximum absolute atomic E-state index is 12.2. The van der Waals surface area contributed by atoms with Crippen molar-refractivity contribution in [3.8, 4) is 11.5 Å². The molecular weight excluding hydrogens is 334 g/mol. The quantitative estimate of drug-likeness (QED) is 0.683. The molecule has 0 spiro atoms. The monoisotopic (exact) mass is 357 g/mol. The number of aromatic hydroxyl groups is 1. The summed E-state index contributed by atoms with van der Waals surface area (Å²) in [7, 11) is 0. The van der Waals surface area contributed by atoms with E-state index in [4.69, 9.17) is 9.84 Å². The third-order valence-electron chi connectivity index (χ3n) is 3.96. The number of anilines is 1. The number of nitrogens with one attached hydrogen (secondary N) is 1. The lowest BCUT2D eigenvalue weighted by Crippen LogP contribution is -2.21. The largest absolute Gasteiger partial charge is 0.507 e. The molecule has 0 saturated carbocycles. The first kappa shape index (κ1) is 19.3. The molecule has 0 aliphatic rings. The molecule has 1 amide bonds. The van der Waals surface area contributed by atoms with Gasteiger partial charge in [0.05, 0.1) is 0 Å². The number of carbonyl (C=O) groups is 2. The van der Waals surface area contributed by atoms with E-state index in [0.717, 1.165) is 11.1 Å². The number of aromatic carboxylic acids is 1. The van der Waals surface area contributed by atoms with Gasteiger partial charge in [-0.2, -0.15) is 0 Å². The highest BCUT2D eigenvalue weighted by molar-refractivity contribution is 5.96. The van der Waals surface area contributed by atoms with E-state index in [9.17, 15) is 14.7 Å². The minimum absolute atomic E-state index is 0.203. The molecule has 2 rings (SSSR count). The number of rotatable bonds is 6. The molecule has 0 heterocycles. The van der Waals surface area contributed by atoms with Crippen molar-refractivity contribution in [3.05, 3.63) is 52.6 Å². The van der Waals surface area contributed by atoms with Crippen LogP contribution in [0, 0.1) is 13.8 Å². The minimum atomic E-state index is -1.26. The van der Waals surface area contributed by atoms with Crippen molar-refractivity contribution in [2.24, 2.45) is 0 Å². The molecule has 26 heavy (non-hydrogen) atoms. The fraction of sp³-hybridized carbons (Fsp3) is 0.300. The van der Waals surface area contributed by atoms with Crippen LogP contribution in [0.1, 0.15) is 46.8 Å². The first-order chi connectivity index (χ1) is 12.2. The lowest BCUT2D eigenvalue weighted by molar-refractivity contribution is -0.118. The number of carbonyl (C=O) groups excluding carboxylic acids is 1. The Kier molecular flexibility index (Phi) is 5.87. The Hall–Kier alpha value is -3.02. The van der Waals surface area contributed by atoms with Crippen LogP contribution >= 0.6 is 0 Å². The molecule has 0 saturated heterocycles. The number of carboxylic acids is 1. The minimum Gasteiger partial charge on any atom is -0.507 e.